The van der Waals surface area contributed by atoms with E-state index in [1.54, 1.807) is 0 Å². The van der Waals surface area contributed by atoms with E-state index in [9.17, 15) is 65.0 Å². The van der Waals surface area contributed by atoms with Crippen molar-refractivity contribution in [3.8, 4) is 0 Å². The lowest BCUT2D eigenvalue weighted by atomic mass is 9.66. The summed E-state index contributed by atoms with van der Waals surface area (Å²) >= 11 is 0. The molecule has 3 aliphatic rings. The van der Waals surface area contributed by atoms with Crippen LogP contribution in [0.4, 0.5) is 4.39 Å². The van der Waals surface area contributed by atoms with Crippen molar-refractivity contribution in [3.05, 3.63) is 35.1 Å². The van der Waals surface area contributed by atoms with Gasteiger partial charge in [0.1, 0.15) is 5.82 Å². The number of rotatable bonds is 1. The van der Waals surface area contributed by atoms with Gasteiger partial charge >= 0.3 is 0 Å². The summed E-state index contributed by atoms with van der Waals surface area (Å²) in [6.45, 7) is -1.06. The van der Waals surface area contributed by atoms with E-state index in [1.807, 2.05) is 0 Å². The van der Waals surface area contributed by atoms with Crippen LogP contribution in [0.1, 0.15) is 17.2 Å². The number of nitrogens with zero attached hydrogens (tertiary/aromatic N) is 2. The quantitative estimate of drug-likeness (QED) is 0.166. The van der Waals surface area contributed by atoms with Gasteiger partial charge in [0, 0.05) is 13.1 Å². The molecule has 2 amide bonds. The van der Waals surface area contributed by atoms with E-state index in [0.29, 0.717) is 22.4 Å². The van der Waals surface area contributed by atoms with Crippen LogP contribution >= 0.6 is 0 Å². The SMILES string of the molecule is O=C(C1C(O)(O)C(O)(O)C(O)(O)C(O)(O)C1(O)O)N1CC(=O)N2CCc3ccc(F)cc3C2C1. The second kappa shape index (κ2) is 7.11. The van der Waals surface area contributed by atoms with Gasteiger partial charge in [-0.05, 0) is 29.7 Å². The van der Waals surface area contributed by atoms with Crippen molar-refractivity contribution >= 4 is 11.8 Å². The molecule has 10 N–H and O–H groups in total. The number of carbonyl (C=O) groups excluding carboxylic acids is 2. The van der Waals surface area contributed by atoms with Crippen LogP contribution in [0.2, 0.25) is 0 Å². The van der Waals surface area contributed by atoms with Gasteiger partial charge in [-0.15, -0.1) is 0 Å². The Morgan fingerprint density at radius 2 is 1.47 bits per heavy atom. The maximum Gasteiger partial charge on any atom is 0.285 e. The molecule has 4 rings (SSSR count). The van der Waals surface area contributed by atoms with Crippen molar-refractivity contribution in [2.75, 3.05) is 19.6 Å². The van der Waals surface area contributed by atoms with E-state index in [4.69, 9.17) is 0 Å². The summed E-state index contributed by atoms with van der Waals surface area (Å²) in [5.74, 6) is -29.8. The molecule has 0 spiro atoms. The van der Waals surface area contributed by atoms with Gasteiger partial charge in [-0.25, -0.2) is 4.39 Å². The standard InChI is InChI=1S/C19H23FN2O12/c20-9-2-1-8-3-4-22-11(10(8)5-9)6-21(7-12(22)23)14(24)13-15(25,26)17(29,30)19(33,34)18(31,32)16(13,27)28/h1-2,5,11,13,25-34H,3-4,6-7H2. The van der Waals surface area contributed by atoms with Crippen LogP contribution in [-0.2, 0) is 16.0 Å². The Hall–Kier alpha value is -2.31. The summed E-state index contributed by atoms with van der Waals surface area (Å²) in [7, 11) is 0. The summed E-state index contributed by atoms with van der Waals surface area (Å²) in [5, 5.41) is 100. The van der Waals surface area contributed by atoms with Crippen LogP contribution in [0, 0.1) is 11.7 Å². The Balaban J connectivity index is 1.76. The molecule has 1 unspecified atom stereocenters. The number of aliphatic hydroxyl groups is 10. The maximum atomic E-state index is 13.9. The Morgan fingerprint density at radius 1 is 0.912 bits per heavy atom. The molecule has 34 heavy (non-hydrogen) atoms. The lowest BCUT2D eigenvalue weighted by molar-refractivity contribution is -0.585. The van der Waals surface area contributed by atoms with Crippen molar-refractivity contribution in [3.63, 3.8) is 0 Å². The smallest absolute Gasteiger partial charge is 0.285 e. The number of fused-ring (bicyclic) bond motifs is 3. The average Bonchev–Trinajstić information content (AvgIpc) is 2.71. The highest BCUT2D eigenvalue weighted by Gasteiger charge is 2.87. The molecule has 14 nitrogen and oxygen atoms in total. The van der Waals surface area contributed by atoms with Crippen molar-refractivity contribution in [2.24, 2.45) is 5.92 Å². The van der Waals surface area contributed by atoms with Crippen molar-refractivity contribution in [1.29, 1.82) is 0 Å². The van der Waals surface area contributed by atoms with E-state index in [0.717, 1.165) is 6.07 Å². The minimum absolute atomic E-state index is 0.200. The highest BCUT2D eigenvalue weighted by atomic mass is 19.1. The molecule has 1 saturated carbocycles. The van der Waals surface area contributed by atoms with Crippen LogP contribution in [0.15, 0.2) is 18.2 Å². The predicted molar refractivity (Wildman–Crippen MR) is 100 cm³/mol. The predicted octanol–water partition coefficient (Wildman–Crippen LogP) is -5.87. The fourth-order valence-corrected chi connectivity index (χ4v) is 4.83. The first kappa shape index (κ1) is 24.8. The van der Waals surface area contributed by atoms with E-state index < -0.39 is 71.6 Å². The van der Waals surface area contributed by atoms with E-state index in [2.05, 4.69) is 0 Å². The molecule has 1 aromatic rings. The van der Waals surface area contributed by atoms with Gasteiger partial charge in [-0.2, -0.15) is 0 Å². The van der Waals surface area contributed by atoms with E-state index in [-0.39, 0.29) is 6.54 Å². The van der Waals surface area contributed by atoms with Gasteiger partial charge in [0.2, 0.25) is 23.4 Å². The third-order valence-corrected chi connectivity index (χ3v) is 6.87. The van der Waals surface area contributed by atoms with Crippen LogP contribution in [0.3, 0.4) is 0 Å². The van der Waals surface area contributed by atoms with Crippen molar-refractivity contribution in [1.82, 2.24) is 9.80 Å². The molecular formula is C19H23FN2O12. The molecule has 1 aliphatic carbocycles. The summed E-state index contributed by atoms with van der Waals surface area (Å²) in [6, 6.07) is 2.85. The topological polar surface area (TPSA) is 243 Å². The van der Waals surface area contributed by atoms with Crippen LogP contribution in [0.25, 0.3) is 0 Å². The summed E-state index contributed by atoms with van der Waals surface area (Å²) in [5.41, 5.74) is 0.973. The zero-order valence-electron chi connectivity index (χ0n) is 17.3. The second-order valence-electron chi connectivity index (χ2n) is 8.82. The lowest BCUT2D eigenvalue weighted by Gasteiger charge is -2.59. The number of hydrogen-bond acceptors (Lipinski definition) is 12. The molecule has 1 saturated heterocycles. The molecule has 0 aromatic heterocycles. The third kappa shape index (κ3) is 2.91. The largest absolute Gasteiger partial charge is 0.360 e. The second-order valence-corrected chi connectivity index (χ2v) is 8.82. The van der Waals surface area contributed by atoms with Crippen molar-refractivity contribution < 1.29 is 65.0 Å². The van der Waals surface area contributed by atoms with Crippen LogP contribution < -0.4 is 0 Å². The number of piperazine rings is 1. The number of carbonyl (C=O) groups is 2. The number of hydrogen-bond donors (Lipinski definition) is 10. The number of amides is 2. The Bertz CT molecular complexity index is 1030. The van der Waals surface area contributed by atoms with Gasteiger partial charge in [-0.3, -0.25) is 9.59 Å². The molecule has 15 heteroatoms. The highest BCUT2D eigenvalue weighted by Crippen LogP contribution is 2.52. The Morgan fingerprint density at radius 3 is 2.03 bits per heavy atom. The fourth-order valence-electron chi connectivity index (χ4n) is 4.83. The van der Waals surface area contributed by atoms with E-state index >= 15 is 0 Å². The first-order chi connectivity index (χ1) is 15.4. The Labute approximate surface area is 189 Å². The van der Waals surface area contributed by atoms with E-state index in [1.165, 1.54) is 17.0 Å². The summed E-state index contributed by atoms with van der Waals surface area (Å²) in [6.07, 6.45) is 0.380. The first-order valence-electron chi connectivity index (χ1n) is 10.00. The summed E-state index contributed by atoms with van der Waals surface area (Å²) < 4.78 is 13.9. The van der Waals surface area contributed by atoms with Gasteiger partial charge in [0.05, 0.1) is 12.6 Å². The van der Waals surface area contributed by atoms with Gasteiger partial charge in [0.25, 0.3) is 17.4 Å². The van der Waals surface area contributed by atoms with Crippen LogP contribution in [0.5, 0.6) is 0 Å². The normalized spacial score (nSPS) is 28.8. The minimum atomic E-state index is -4.81. The molecule has 0 bridgehead atoms. The third-order valence-electron chi connectivity index (χ3n) is 6.87. The monoisotopic (exact) mass is 490 g/mol. The molecule has 188 valence electrons. The average molecular weight is 490 g/mol. The zero-order chi connectivity index (χ0) is 25.6. The molecule has 2 aliphatic heterocycles. The summed E-state index contributed by atoms with van der Waals surface area (Å²) in [4.78, 5) is 27.8. The number of benzene rings is 1. The maximum absolute atomic E-state index is 13.9. The minimum Gasteiger partial charge on any atom is -0.360 e. The lowest BCUT2D eigenvalue weighted by Crippen LogP contribution is -2.91. The first-order valence-corrected chi connectivity index (χ1v) is 10.00. The van der Waals surface area contributed by atoms with Crippen LogP contribution in [-0.4, -0.2) is 121 Å². The molecule has 2 heterocycles. The molecule has 1 aromatic carbocycles. The highest BCUT2D eigenvalue weighted by molar-refractivity contribution is 5.89. The van der Waals surface area contributed by atoms with Gasteiger partial charge in [-0.1, -0.05) is 6.07 Å². The molecule has 1 atom stereocenters. The molecule has 0 radical (unpaired) electrons. The molecular weight excluding hydrogens is 467 g/mol. The van der Waals surface area contributed by atoms with Gasteiger partial charge in [0.15, 0.2) is 5.92 Å². The Kier molecular flexibility index (Phi) is 5.19. The molecule has 2 fully saturated rings. The zero-order valence-corrected chi connectivity index (χ0v) is 17.3. The fraction of sp³-hybridized carbons (Fsp3) is 0.579. The van der Waals surface area contributed by atoms with Gasteiger partial charge < -0.3 is 60.9 Å². The number of halogens is 1. The van der Waals surface area contributed by atoms with Crippen molar-refractivity contribution in [2.45, 2.75) is 41.4 Å².